The number of piperazine rings is 1. The van der Waals surface area contributed by atoms with Gasteiger partial charge in [0.2, 0.25) is 5.91 Å². The maximum Gasteiger partial charge on any atom is 0.354 e. The molecule has 2 aromatic carbocycles. The molecule has 0 spiro atoms. The maximum absolute atomic E-state index is 17.0. The van der Waals surface area contributed by atoms with Crippen LogP contribution in [0.5, 0.6) is 0 Å². The van der Waals surface area contributed by atoms with E-state index in [0.29, 0.717) is 16.9 Å². The Morgan fingerprint density at radius 2 is 1.88 bits per heavy atom. The molecule has 2 aliphatic rings. The molecule has 2 aliphatic heterocycles. The lowest BCUT2D eigenvalue weighted by atomic mass is 9.98. The molecule has 0 radical (unpaired) electrons. The molecule has 43 heavy (non-hydrogen) atoms. The fourth-order valence-electron chi connectivity index (χ4n) is 6.28. The number of halogens is 3. The molecule has 1 fully saturated rings. The van der Waals surface area contributed by atoms with Crippen molar-refractivity contribution in [2.75, 3.05) is 29.9 Å². The summed E-state index contributed by atoms with van der Waals surface area (Å²) in [5.74, 6) is -3.20. The molecule has 4 aromatic rings. The van der Waals surface area contributed by atoms with Crippen LogP contribution in [-0.4, -0.2) is 57.1 Å². The number of aryl methyl sites for hydroxylation is 1. The zero-order valence-electron chi connectivity index (χ0n) is 24.3. The number of pyridine rings is 1. The zero-order chi connectivity index (χ0) is 30.7. The zero-order valence-corrected chi connectivity index (χ0v) is 24.3. The minimum atomic E-state index is -1.09. The second-order valence-corrected chi connectivity index (χ2v) is 11.4. The summed E-state index contributed by atoms with van der Waals surface area (Å²) >= 11 is 0. The predicted molar refractivity (Wildman–Crippen MR) is 160 cm³/mol. The number of fused-ring (bicyclic) bond motifs is 2. The van der Waals surface area contributed by atoms with Crippen LogP contribution in [0.25, 0.3) is 27.7 Å². The first kappa shape index (κ1) is 28.4. The number of carbonyl (C=O) groups excluding carboxylic acids is 1. The number of rotatable bonds is 4. The van der Waals surface area contributed by atoms with Crippen molar-refractivity contribution < 1.29 is 18.0 Å². The molecule has 2 aromatic heterocycles. The Labute approximate surface area is 246 Å². The molecule has 6 rings (SSSR count). The third-order valence-electron chi connectivity index (χ3n) is 8.35. The van der Waals surface area contributed by atoms with Gasteiger partial charge in [-0.25, -0.2) is 18.0 Å². The molecule has 2 unspecified atom stereocenters. The average Bonchev–Trinajstić information content (AvgIpc) is 3.12. The number of amides is 1. The molecule has 222 valence electrons. The van der Waals surface area contributed by atoms with Gasteiger partial charge in [0.05, 0.1) is 34.1 Å². The van der Waals surface area contributed by atoms with Crippen LogP contribution in [0.2, 0.25) is 0 Å². The quantitative estimate of drug-likeness (QED) is 0.325. The number of carbonyl (C=O) groups is 1. The van der Waals surface area contributed by atoms with E-state index >= 15 is 13.2 Å². The Morgan fingerprint density at radius 3 is 2.58 bits per heavy atom. The lowest BCUT2D eigenvalue weighted by Crippen LogP contribution is -2.60. The monoisotopic (exact) mass is 588 g/mol. The Kier molecular flexibility index (Phi) is 6.98. The first-order valence-corrected chi connectivity index (χ1v) is 14.2. The van der Waals surface area contributed by atoms with Crippen molar-refractivity contribution >= 4 is 28.3 Å². The van der Waals surface area contributed by atoms with Crippen molar-refractivity contribution in [2.24, 2.45) is 0 Å². The summed E-state index contributed by atoms with van der Waals surface area (Å²) in [7, 11) is 0. The normalized spacial score (nSPS) is 18.0. The highest BCUT2D eigenvalue weighted by Crippen LogP contribution is 2.44. The van der Waals surface area contributed by atoms with Gasteiger partial charge in [-0.1, -0.05) is 38.6 Å². The van der Waals surface area contributed by atoms with Gasteiger partial charge >= 0.3 is 5.69 Å². The standard InChI is InChI=1S/C32H31F3N6O2/c1-6-22(42)39-15-19-13-37-28-24-30(26(35)23(25(28)34)20-9-7-8-10-21(20)33)41(29-17(4)11-12-36-27(29)16(2)3)32(43)38-31(24)40(19)14-18(39)5/h6-12,16,18-19,37H,1,13-15H2,2-5H3. The fourth-order valence-corrected chi connectivity index (χ4v) is 6.28. The van der Waals surface area contributed by atoms with Crippen LogP contribution < -0.4 is 15.9 Å². The van der Waals surface area contributed by atoms with Crippen LogP contribution in [0.4, 0.5) is 24.7 Å². The predicted octanol–water partition coefficient (Wildman–Crippen LogP) is 5.31. The van der Waals surface area contributed by atoms with Gasteiger partial charge in [-0.05, 0) is 43.5 Å². The lowest BCUT2D eigenvalue weighted by molar-refractivity contribution is -0.128. The Balaban J connectivity index is 1.75. The number of benzene rings is 2. The maximum atomic E-state index is 17.0. The molecule has 0 saturated carbocycles. The molecule has 0 bridgehead atoms. The molecule has 8 nitrogen and oxygen atoms in total. The summed E-state index contributed by atoms with van der Waals surface area (Å²) in [6.07, 6.45) is 2.85. The van der Waals surface area contributed by atoms with Crippen molar-refractivity contribution in [3.63, 3.8) is 0 Å². The van der Waals surface area contributed by atoms with Gasteiger partial charge in [-0.2, -0.15) is 4.98 Å². The molecule has 1 N–H and O–H groups in total. The number of hydrogen-bond donors (Lipinski definition) is 1. The van der Waals surface area contributed by atoms with E-state index in [1.807, 2.05) is 25.7 Å². The molecule has 1 saturated heterocycles. The molecule has 4 heterocycles. The Morgan fingerprint density at radius 1 is 1.14 bits per heavy atom. The van der Waals surface area contributed by atoms with E-state index in [0.717, 1.165) is 10.6 Å². The van der Waals surface area contributed by atoms with Gasteiger partial charge in [0.1, 0.15) is 17.2 Å². The highest BCUT2D eigenvalue weighted by Gasteiger charge is 2.40. The minimum absolute atomic E-state index is 0.0610. The third-order valence-corrected chi connectivity index (χ3v) is 8.35. The second-order valence-electron chi connectivity index (χ2n) is 11.4. The minimum Gasteiger partial charge on any atom is -0.380 e. The largest absolute Gasteiger partial charge is 0.380 e. The fraction of sp³-hybridized carbons (Fsp3) is 0.312. The van der Waals surface area contributed by atoms with Crippen LogP contribution in [0.15, 0.2) is 54.0 Å². The first-order valence-electron chi connectivity index (χ1n) is 14.2. The van der Waals surface area contributed by atoms with Crippen LogP contribution in [0, 0.1) is 24.4 Å². The topological polar surface area (TPSA) is 83.4 Å². The molecular weight excluding hydrogens is 557 g/mol. The molecule has 2 atom stereocenters. The van der Waals surface area contributed by atoms with E-state index < -0.39 is 34.7 Å². The van der Waals surface area contributed by atoms with Gasteiger partial charge in [-0.3, -0.25) is 14.3 Å². The summed E-state index contributed by atoms with van der Waals surface area (Å²) in [4.78, 5) is 39.1. The van der Waals surface area contributed by atoms with E-state index in [4.69, 9.17) is 0 Å². The number of aromatic nitrogens is 3. The van der Waals surface area contributed by atoms with Crippen molar-refractivity contribution in [2.45, 2.75) is 45.7 Å². The Hall–Kier alpha value is -4.67. The highest BCUT2D eigenvalue weighted by atomic mass is 19.1. The first-order chi connectivity index (χ1) is 20.5. The summed E-state index contributed by atoms with van der Waals surface area (Å²) in [6.45, 7) is 11.7. The Bertz CT molecular complexity index is 1870. The van der Waals surface area contributed by atoms with Gasteiger partial charge < -0.3 is 15.1 Å². The van der Waals surface area contributed by atoms with E-state index in [-0.39, 0.29) is 65.5 Å². The van der Waals surface area contributed by atoms with Crippen molar-refractivity contribution in [3.8, 4) is 16.8 Å². The molecule has 0 aliphatic carbocycles. The van der Waals surface area contributed by atoms with Crippen LogP contribution in [0.1, 0.15) is 37.9 Å². The third kappa shape index (κ3) is 4.36. The lowest BCUT2D eigenvalue weighted by Gasteiger charge is -2.45. The average molecular weight is 589 g/mol. The van der Waals surface area contributed by atoms with E-state index in [1.165, 1.54) is 24.3 Å². The summed E-state index contributed by atoms with van der Waals surface area (Å²) < 4.78 is 49.9. The summed E-state index contributed by atoms with van der Waals surface area (Å²) in [5, 5.41) is 3.18. The SMILES string of the molecule is C=CC(=O)N1CC2CNc3c(F)c(-c4ccccc4F)c(F)c4c3c(nc(=O)n4-c3c(C)ccnc3C(C)C)N2CC1C. The van der Waals surface area contributed by atoms with Crippen molar-refractivity contribution in [1.82, 2.24) is 19.4 Å². The van der Waals surface area contributed by atoms with Crippen molar-refractivity contribution in [3.05, 3.63) is 88.4 Å². The number of nitrogens with one attached hydrogen (secondary N) is 1. The van der Waals surface area contributed by atoms with E-state index in [1.54, 1.807) is 24.1 Å². The molecule has 1 amide bonds. The highest BCUT2D eigenvalue weighted by molar-refractivity contribution is 6.05. The van der Waals surface area contributed by atoms with Gasteiger partial charge in [0.15, 0.2) is 11.6 Å². The molecule has 11 heteroatoms. The number of anilines is 2. The summed E-state index contributed by atoms with van der Waals surface area (Å²) in [5.41, 5.74) is -0.470. The van der Waals surface area contributed by atoms with Gasteiger partial charge in [0.25, 0.3) is 0 Å². The van der Waals surface area contributed by atoms with Crippen molar-refractivity contribution in [1.29, 1.82) is 0 Å². The second kappa shape index (κ2) is 10.6. The summed E-state index contributed by atoms with van der Waals surface area (Å²) in [6, 6.07) is 6.33. The smallest absolute Gasteiger partial charge is 0.354 e. The number of hydrogen-bond acceptors (Lipinski definition) is 6. The molecular formula is C32H31F3N6O2. The van der Waals surface area contributed by atoms with Crippen LogP contribution in [0.3, 0.4) is 0 Å². The van der Waals surface area contributed by atoms with Gasteiger partial charge in [-0.15, -0.1) is 0 Å². The van der Waals surface area contributed by atoms with E-state index in [9.17, 15) is 9.59 Å². The number of nitrogens with zero attached hydrogens (tertiary/aromatic N) is 5. The van der Waals surface area contributed by atoms with Crippen LogP contribution in [-0.2, 0) is 4.79 Å². The van der Waals surface area contributed by atoms with Crippen LogP contribution >= 0.6 is 0 Å². The van der Waals surface area contributed by atoms with E-state index in [2.05, 4.69) is 21.9 Å². The van der Waals surface area contributed by atoms with Gasteiger partial charge in [0, 0.05) is 37.4 Å².